The van der Waals surface area contributed by atoms with Gasteiger partial charge in [0.2, 0.25) is 5.95 Å². The van der Waals surface area contributed by atoms with Crippen molar-refractivity contribution in [2.75, 3.05) is 31.3 Å². The molecule has 3 aromatic heterocycles. The van der Waals surface area contributed by atoms with Gasteiger partial charge in [-0.2, -0.15) is 9.50 Å². The molecular formula is C21H21N7O2. The number of nitrogens with one attached hydrogen (secondary N) is 2. The highest BCUT2D eigenvalue weighted by Gasteiger charge is 2.15. The summed E-state index contributed by atoms with van der Waals surface area (Å²) < 4.78 is 7.08. The van der Waals surface area contributed by atoms with Crippen LogP contribution in [0.15, 0.2) is 42.6 Å². The monoisotopic (exact) mass is 403 g/mol. The second-order valence-corrected chi connectivity index (χ2v) is 7.02. The molecule has 0 fully saturated rings. The number of H-pyrrole nitrogens is 1. The molecule has 0 atom stereocenters. The minimum Gasteiger partial charge on any atom is -0.497 e. The third kappa shape index (κ3) is 3.05. The van der Waals surface area contributed by atoms with Crippen molar-refractivity contribution in [3.8, 4) is 5.75 Å². The molecule has 0 radical (unpaired) electrons. The van der Waals surface area contributed by atoms with Crippen molar-refractivity contribution in [2.45, 2.75) is 6.42 Å². The molecule has 2 aromatic carbocycles. The fourth-order valence-corrected chi connectivity index (χ4v) is 3.71. The lowest BCUT2D eigenvalue weighted by Crippen LogP contribution is -2.07. The zero-order valence-electron chi connectivity index (χ0n) is 16.4. The Kier molecular flexibility index (Phi) is 4.36. The van der Waals surface area contributed by atoms with Crippen LogP contribution in [-0.2, 0) is 6.42 Å². The average molecular weight is 403 g/mol. The van der Waals surface area contributed by atoms with Crippen LogP contribution in [0.5, 0.6) is 5.75 Å². The van der Waals surface area contributed by atoms with E-state index in [-0.39, 0.29) is 12.6 Å². The lowest BCUT2D eigenvalue weighted by atomic mass is 10.1. The van der Waals surface area contributed by atoms with Gasteiger partial charge in [0.05, 0.1) is 19.2 Å². The number of nitrogen functional groups attached to an aromatic ring is 1. The Morgan fingerprint density at radius 2 is 2.07 bits per heavy atom. The van der Waals surface area contributed by atoms with Crippen molar-refractivity contribution < 1.29 is 9.84 Å². The number of aromatic nitrogens is 5. The fourth-order valence-electron chi connectivity index (χ4n) is 3.71. The molecule has 9 nitrogen and oxygen atoms in total. The van der Waals surface area contributed by atoms with Crippen molar-refractivity contribution in [2.24, 2.45) is 0 Å². The predicted octanol–water partition coefficient (Wildman–Crippen LogP) is 2.34. The molecule has 0 aliphatic rings. The molecule has 0 bridgehead atoms. The first kappa shape index (κ1) is 18.2. The van der Waals surface area contributed by atoms with Crippen LogP contribution in [0, 0.1) is 0 Å². The largest absolute Gasteiger partial charge is 0.497 e. The Morgan fingerprint density at radius 1 is 1.17 bits per heavy atom. The molecule has 5 aromatic rings. The van der Waals surface area contributed by atoms with Crippen LogP contribution in [0.1, 0.15) is 11.4 Å². The van der Waals surface area contributed by atoms with Crippen LogP contribution >= 0.6 is 0 Å². The Bertz CT molecular complexity index is 1370. The molecule has 152 valence electrons. The summed E-state index contributed by atoms with van der Waals surface area (Å²) in [7, 11) is 1.66. The van der Waals surface area contributed by atoms with Gasteiger partial charge in [0, 0.05) is 41.1 Å². The van der Waals surface area contributed by atoms with E-state index in [1.54, 1.807) is 11.6 Å². The SMILES string of the molecule is COc1ccc2[nH]cc(Cc3nc4cc(NCCO)ccc4c4nc(N)nn34)c2c1. The van der Waals surface area contributed by atoms with E-state index in [1.165, 1.54) is 0 Å². The molecule has 0 saturated carbocycles. The highest BCUT2D eigenvalue weighted by molar-refractivity contribution is 5.93. The van der Waals surface area contributed by atoms with E-state index in [4.69, 9.17) is 20.6 Å². The maximum Gasteiger partial charge on any atom is 0.240 e. The number of ether oxygens (including phenoxy) is 1. The molecule has 0 saturated heterocycles. The Morgan fingerprint density at radius 3 is 2.90 bits per heavy atom. The van der Waals surface area contributed by atoms with Gasteiger partial charge in [-0.25, -0.2) is 4.98 Å². The van der Waals surface area contributed by atoms with E-state index >= 15 is 0 Å². The lowest BCUT2D eigenvalue weighted by Gasteiger charge is -2.09. The zero-order valence-corrected chi connectivity index (χ0v) is 16.4. The van der Waals surface area contributed by atoms with Gasteiger partial charge in [-0.3, -0.25) is 0 Å². The Balaban J connectivity index is 1.65. The van der Waals surface area contributed by atoms with Crippen LogP contribution in [0.3, 0.4) is 0 Å². The van der Waals surface area contributed by atoms with Crippen LogP contribution in [0.4, 0.5) is 11.6 Å². The number of rotatable bonds is 6. The predicted molar refractivity (Wildman–Crippen MR) is 116 cm³/mol. The maximum atomic E-state index is 9.07. The zero-order chi connectivity index (χ0) is 20.7. The van der Waals surface area contributed by atoms with Gasteiger partial charge in [-0.15, -0.1) is 5.10 Å². The number of aliphatic hydroxyl groups excluding tert-OH is 1. The number of anilines is 2. The van der Waals surface area contributed by atoms with Crippen molar-refractivity contribution in [3.63, 3.8) is 0 Å². The summed E-state index contributed by atoms with van der Waals surface area (Å²) in [6, 6.07) is 11.7. The molecule has 0 amide bonds. The standard InChI is InChI=1S/C21H21N7O2/c1-30-14-3-5-17-16(10-14)12(11-24-17)8-19-25-18-9-13(23-6-7-29)2-4-15(18)20-26-21(22)27-28(19)20/h2-5,9-11,23-24,29H,6-8H2,1H3,(H2,22,27). The molecule has 5 N–H and O–H groups in total. The number of fused-ring (bicyclic) bond motifs is 4. The van der Waals surface area contributed by atoms with E-state index < -0.39 is 0 Å². The molecule has 0 aliphatic heterocycles. The number of hydrogen-bond acceptors (Lipinski definition) is 7. The van der Waals surface area contributed by atoms with Gasteiger partial charge in [0.1, 0.15) is 11.6 Å². The molecule has 5 rings (SSSR count). The minimum atomic E-state index is 0.0560. The summed E-state index contributed by atoms with van der Waals surface area (Å²) in [6.45, 7) is 0.524. The number of nitrogens with zero attached hydrogens (tertiary/aromatic N) is 4. The van der Waals surface area contributed by atoms with Gasteiger partial charge in [-0.1, -0.05) is 0 Å². The number of hydrogen-bond donors (Lipinski definition) is 4. The summed E-state index contributed by atoms with van der Waals surface area (Å²) in [5.41, 5.74) is 10.3. The second kappa shape index (κ2) is 7.20. The highest BCUT2D eigenvalue weighted by atomic mass is 16.5. The normalized spacial score (nSPS) is 11.5. The van der Waals surface area contributed by atoms with E-state index in [0.717, 1.165) is 44.6 Å². The maximum absolute atomic E-state index is 9.07. The van der Waals surface area contributed by atoms with E-state index in [0.29, 0.717) is 18.6 Å². The number of nitrogens with two attached hydrogens (primary N) is 1. The first-order valence-electron chi connectivity index (χ1n) is 9.60. The third-order valence-corrected chi connectivity index (χ3v) is 5.12. The van der Waals surface area contributed by atoms with E-state index in [9.17, 15) is 0 Å². The molecule has 3 heterocycles. The second-order valence-electron chi connectivity index (χ2n) is 7.02. The quantitative estimate of drug-likeness (QED) is 0.343. The molecule has 0 spiro atoms. The smallest absolute Gasteiger partial charge is 0.240 e. The van der Waals surface area contributed by atoms with Crippen LogP contribution in [0.2, 0.25) is 0 Å². The van der Waals surface area contributed by atoms with Gasteiger partial charge in [0.25, 0.3) is 0 Å². The Labute approximate surface area is 171 Å². The third-order valence-electron chi connectivity index (χ3n) is 5.12. The van der Waals surface area contributed by atoms with Crippen LogP contribution < -0.4 is 15.8 Å². The molecule has 9 heteroatoms. The van der Waals surface area contributed by atoms with E-state index in [2.05, 4.69) is 20.4 Å². The number of aliphatic hydroxyl groups is 1. The summed E-state index contributed by atoms with van der Waals surface area (Å²) >= 11 is 0. The Hall–Kier alpha value is -3.85. The summed E-state index contributed by atoms with van der Waals surface area (Å²) in [4.78, 5) is 12.6. The summed E-state index contributed by atoms with van der Waals surface area (Å²) in [6.07, 6.45) is 2.51. The molecular weight excluding hydrogens is 382 g/mol. The van der Waals surface area contributed by atoms with Gasteiger partial charge in [-0.05, 0) is 42.0 Å². The highest BCUT2D eigenvalue weighted by Crippen LogP contribution is 2.27. The van der Waals surface area contributed by atoms with Crippen molar-refractivity contribution >= 4 is 39.1 Å². The van der Waals surface area contributed by atoms with Gasteiger partial charge >= 0.3 is 0 Å². The average Bonchev–Trinajstić information content (AvgIpc) is 3.35. The van der Waals surface area contributed by atoms with Crippen LogP contribution in [0.25, 0.3) is 27.5 Å². The summed E-state index contributed by atoms with van der Waals surface area (Å²) in [5, 5.41) is 18.5. The molecule has 0 aliphatic carbocycles. The minimum absolute atomic E-state index is 0.0560. The lowest BCUT2D eigenvalue weighted by molar-refractivity contribution is 0.311. The topological polar surface area (TPSA) is 126 Å². The first-order chi connectivity index (χ1) is 14.7. The van der Waals surface area contributed by atoms with Crippen molar-refractivity contribution in [1.29, 1.82) is 0 Å². The fraction of sp³-hybridized carbons (Fsp3) is 0.190. The van der Waals surface area contributed by atoms with Crippen LogP contribution in [-0.4, -0.2) is 49.9 Å². The van der Waals surface area contributed by atoms with Crippen molar-refractivity contribution in [1.82, 2.24) is 24.6 Å². The molecule has 30 heavy (non-hydrogen) atoms. The van der Waals surface area contributed by atoms with E-state index in [1.807, 2.05) is 42.6 Å². The van der Waals surface area contributed by atoms with Crippen molar-refractivity contribution in [3.05, 3.63) is 54.0 Å². The number of methoxy groups -OCH3 is 1. The summed E-state index contributed by atoms with van der Waals surface area (Å²) in [5.74, 6) is 1.72. The van der Waals surface area contributed by atoms with Gasteiger partial charge in [0.15, 0.2) is 5.65 Å². The first-order valence-corrected chi connectivity index (χ1v) is 9.60. The number of benzene rings is 2. The van der Waals surface area contributed by atoms with Gasteiger partial charge < -0.3 is 25.9 Å². The molecule has 0 unspecified atom stereocenters. The number of aromatic amines is 1.